The lowest BCUT2D eigenvalue weighted by Gasteiger charge is -2.32. The van der Waals surface area contributed by atoms with Gasteiger partial charge in [-0.05, 0) is 42.9 Å². The minimum Gasteiger partial charge on any atom is -0.381 e. The average molecular weight is 410 g/mol. The van der Waals surface area contributed by atoms with Crippen molar-refractivity contribution >= 4 is 17.4 Å². The molecule has 4 rings (SSSR count). The number of hydrogen-bond acceptors (Lipinski definition) is 4. The van der Waals surface area contributed by atoms with E-state index in [-0.39, 0.29) is 30.2 Å². The first kappa shape index (κ1) is 20.3. The van der Waals surface area contributed by atoms with Gasteiger partial charge in [0.25, 0.3) is 0 Å². The Hall–Kier alpha value is -1.93. The van der Waals surface area contributed by atoms with Crippen LogP contribution in [0.1, 0.15) is 31.2 Å². The largest absolute Gasteiger partial charge is 0.416 e. The fourth-order valence-electron chi connectivity index (χ4n) is 4.79. The summed E-state index contributed by atoms with van der Waals surface area (Å²) in [4.78, 5) is 27.0. The Bertz CT molecular complexity index is 765. The molecule has 1 aromatic rings. The maximum Gasteiger partial charge on any atom is 0.416 e. The molecule has 158 valence electrons. The second-order valence-electron chi connectivity index (χ2n) is 8.24. The number of carbonyl (C=O) groups excluding carboxylic acids is 2. The van der Waals surface area contributed by atoms with Gasteiger partial charge in [0.05, 0.1) is 5.56 Å². The van der Waals surface area contributed by atoms with E-state index in [9.17, 15) is 22.8 Å². The molecule has 1 N–H and O–H groups in total. The third-order valence-corrected chi connectivity index (χ3v) is 6.37. The lowest BCUT2D eigenvalue weighted by molar-refractivity contribution is -0.137. The van der Waals surface area contributed by atoms with E-state index in [0.717, 1.165) is 51.3 Å². The molecule has 0 bridgehead atoms. The zero-order chi connectivity index (χ0) is 20.6. The number of anilines is 1. The van der Waals surface area contributed by atoms with Crippen molar-refractivity contribution in [3.8, 4) is 0 Å². The van der Waals surface area contributed by atoms with Crippen molar-refractivity contribution in [2.45, 2.75) is 37.9 Å². The van der Waals surface area contributed by atoms with E-state index in [4.69, 9.17) is 4.74 Å². The van der Waals surface area contributed by atoms with Crippen LogP contribution in [-0.2, 0) is 20.5 Å². The van der Waals surface area contributed by atoms with Crippen molar-refractivity contribution in [3.63, 3.8) is 0 Å². The van der Waals surface area contributed by atoms with E-state index >= 15 is 0 Å². The molecule has 2 heterocycles. The summed E-state index contributed by atoms with van der Waals surface area (Å²) in [6, 6.07) is 5.07. The molecule has 0 aromatic heterocycles. The summed E-state index contributed by atoms with van der Waals surface area (Å²) in [7, 11) is 0. The summed E-state index contributed by atoms with van der Waals surface area (Å²) in [6.45, 7) is 3.50. The Labute approximate surface area is 167 Å². The van der Waals surface area contributed by atoms with Crippen molar-refractivity contribution in [1.82, 2.24) is 4.90 Å². The summed E-state index contributed by atoms with van der Waals surface area (Å²) in [5, 5.41) is 2.46. The molecule has 1 saturated carbocycles. The highest BCUT2D eigenvalue weighted by Crippen LogP contribution is 2.53. The molecule has 3 fully saturated rings. The number of carbonyl (C=O) groups is 2. The molecule has 5 nitrogen and oxygen atoms in total. The van der Waals surface area contributed by atoms with Crippen LogP contribution < -0.4 is 5.32 Å². The number of ether oxygens (including phenoxy) is 1. The number of rotatable bonds is 6. The van der Waals surface area contributed by atoms with E-state index in [2.05, 4.69) is 10.2 Å². The van der Waals surface area contributed by atoms with Crippen LogP contribution in [0.15, 0.2) is 24.3 Å². The number of nitrogens with zero attached hydrogens (tertiary/aromatic N) is 1. The molecule has 2 saturated heterocycles. The standard InChI is InChI=1S/C21H25F3N2O3/c22-21(23,24)13-2-1-3-14(10-13)25-19(28)5-4-18(27)20-16-11-26(12-17(16)20)15-6-8-29-9-7-15/h1-3,10,15-17,20H,4-9,11-12H2,(H,25,28). The molecule has 0 radical (unpaired) electrons. The number of benzene rings is 1. The van der Waals surface area contributed by atoms with Gasteiger partial charge in [-0.1, -0.05) is 6.07 Å². The first-order valence-corrected chi connectivity index (χ1v) is 10.1. The van der Waals surface area contributed by atoms with Crippen LogP contribution in [0.25, 0.3) is 0 Å². The normalized spacial score (nSPS) is 27.5. The highest BCUT2D eigenvalue weighted by molar-refractivity contribution is 5.94. The topological polar surface area (TPSA) is 58.6 Å². The number of alkyl halides is 3. The first-order chi connectivity index (χ1) is 13.8. The fourth-order valence-corrected chi connectivity index (χ4v) is 4.79. The number of ketones is 1. The highest BCUT2D eigenvalue weighted by Gasteiger charge is 2.59. The molecular weight excluding hydrogens is 385 g/mol. The predicted molar refractivity (Wildman–Crippen MR) is 100 cm³/mol. The molecule has 1 aliphatic carbocycles. The summed E-state index contributed by atoms with van der Waals surface area (Å²) in [5.41, 5.74) is -0.723. The second kappa shape index (κ2) is 8.07. The molecule has 2 atom stereocenters. The van der Waals surface area contributed by atoms with Crippen LogP contribution in [0, 0.1) is 17.8 Å². The summed E-state index contributed by atoms with van der Waals surface area (Å²) < 4.78 is 43.6. The zero-order valence-electron chi connectivity index (χ0n) is 16.1. The van der Waals surface area contributed by atoms with Crippen molar-refractivity contribution in [1.29, 1.82) is 0 Å². The quantitative estimate of drug-likeness (QED) is 0.782. The van der Waals surface area contributed by atoms with Crippen molar-refractivity contribution in [2.24, 2.45) is 17.8 Å². The molecule has 2 unspecified atom stereocenters. The van der Waals surface area contributed by atoms with Crippen LogP contribution >= 0.6 is 0 Å². The Morgan fingerprint density at radius 3 is 2.45 bits per heavy atom. The third-order valence-electron chi connectivity index (χ3n) is 6.37. The number of likely N-dealkylation sites (tertiary alicyclic amines) is 1. The molecule has 2 aliphatic heterocycles. The van der Waals surface area contributed by atoms with Gasteiger partial charge in [-0.3, -0.25) is 14.5 Å². The lowest BCUT2D eigenvalue weighted by Crippen LogP contribution is -2.40. The first-order valence-electron chi connectivity index (χ1n) is 10.1. The van der Waals surface area contributed by atoms with Gasteiger partial charge in [-0.2, -0.15) is 13.2 Å². The second-order valence-corrected chi connectivity index (χ2v) is 8.24. The maximum atomic E-state index is 12.7. The number of piperidine rings is 1. The van der Waals surface area contributed by atoms with Gasteiger partial charge in [-0.25, -0.2) is 0 Å². The molecule has 8 heteroatoms. The van der Waals surface area contributed by atoms with Crippen LogP contribution in [0.2, 0.25) is 0 Å². The van der Waals surface area contributed by atoms with Gasteiger partial charge in [0.2, 0.25) is 5.91 Å². The van der Waals surface area contributed by atoms with Gasteiger partial charge >= 0.3 is 6.18 Å². The summed E-state index contributed by atoms with van der Waals surface area (Å²) in [5.74, 6) is 0.513. The van der Waals surface area contributed by atoms with Crippen molar-refractivity contribution in [3.05, 3.63) is 29.8 Å². The maximum absolute atomic E-state index is 12.7. The SMILES string of the molecule is O=C(CCC(=O)C1C2CN(C3CCOCC3)CC21)Nc1cccc(C(F)(F)F)c1. The molecule has 1 aromatic carbocycles. The van der Waals surface area contributed by atoms with E-state index in [1.807, 2.05) is 0 Å². The number of amides is 1. The zero-order valence-corrected chi connectivity index (χ0v) is 16.1. The van der Waals surface area contributed by atoms with Crippen LogP contribution in [0.5, 0.6) is 0 Å². The van der Waals surface area contributed by atoms with E-state index in [1.165, 1.54) is 12.1 Å². The number of hydrogen-bond donors (Lipinski definition) is 1. The molecule has 1 amide bonds. The number of nitrogens with one attached hydrogen (secondary N) is 1. The monoisotopic (exact) mass is 410 g/mol. The van der Waals surface area contributed by atoms with Gasteiger partial charge in [0.15, 0.2) is 0 Å². The predicted octanol–water partition coefficient (Wildman–Crippen LogP) is 3.35. The highest BCUT2D eigenvalue weighted by atomic mass is 19.4. The van der Waals surface area contributed by atoms with Crippen LogP contribution in [-0.4, -0.2) is 48.9 Å². The van der Waals surface area contributed by atoms with E-state index < -0.39 is 17.6 Å². The third kappa shape index (κ3) is 4.64. The number of Topliss-reactive ketones (excluding diaryl/α,β-unsaturated/α-hetero) is 1. The van der Waals surface area contributed by atoms with Crippen LogP contribution in [0.4, 0.5) is 18.9 Å². The molecule has 0 spiro atoms. The smallest absolute Gasteiger partial charge is 0.381 e. The van der Waals surface area contributed by atoms with E-state index in [0.29, 0.717) is 17.9 Å². The minimum absolute atomic E-state index is 0.00526. The number of fused-ring (bicyclic) bond motifs is 1. The Morgan fingerprint density at radius 2 is 1.79 bits per heavy atom. The lowest BCUT2D eigenvalue weighted by atomic mass is 10.0. The Morgan fingerprint density at radius 1 is 1.10 bits per heavy atom. The van der Waals surface area contributed by atoms with Gasteiger partial charge < -0.3 is 10.1 Å². The average Bonchev–Trinajstić information content (AvgIpc) is 3.20. The van der Waals surface area contributed by atoms with Gasteiger partial charge in [0, 0.05) is 56.8 Å². The Kier molecular flexibility index (Phi) is 5.66. The molecule has 3 aliphatic rings. The van der Waals surface area contributed by atoms with Gasteiger partial charge in [0.1, 0.15) is 5.78 Å². The minimum atomic E-state index is -4.46. The van der Waals surface area contributed by atoms with Crippen molar-refractivity contribution < 1.29 is 27.5 Å². The van der Waals surface area contributed by atoms with Gasteiger partial charge in [-0.15, -0.1) is 0 Å². The Balaban J connectivity index is 1.21. The van der Waals surface area contributed by atoms with Crippen LogP contribution in [0.3, 0.4) is 0 Å². The summed E-state index contributed by atoms with van der Waals surface area (Å²) in [6.07, 6.45) is -2.23. The fraction of sp³-hybridized carbons (Fsp3) is 0.619. The van der Waals surface area contributed by atoms with E-state index in [1.54, 1.807) is 0 Å². The van der Waals surface area contributed by atoms with Crippen molar-refractivity contribution in [2.75, 3.05) is 31.6 Å². The summed E-state index contributed by atoms with van der Waals surface area (Å²) >= 11 is 0. The molecular formula is C21H25F3N2O3. The number of halogens is 3. The molecule has 29 heavy (non-hydrogen) atoms.